The van der Waals surface area contributed by atoms with Crippen molar-refractivity contribution in [2.24, 2.45) is 0 Å². The molecule has 1 amide bonds. The van der Waals surface area contributed by atoms with E-state index in [9.17, 15) is 4.79 Å². The second kappa shape index (κ2) is 10.2. The zero-order valence-electron chi connectivity index (χ0n) is 18.9. The van der Waals surface area contributed by atoms with E-state index in [-0.39, 0.29) is 11.9 Å². The third-order valence-electron chi connectivity index (χ3n) is 5.40. The van der Waals surface area contributed by atoms with Crippen molar-refractivity contribution in [2.45, 2.75) is 46.3 Å². The van der Waals surface area contributed by atoms with Gasteiger partial charge in [0.05, 0.1) is 13.2 Å². The van der Waals surface area contributed by atoms with Gasteiger partial charge in [0.1, 0.15) is 18.1 Å². The lowest BCUT2D eigenvalue weighted by Crippen LogP contribution is -2.27. The molecule has 0 aliphatic carbocycles. The van der Waals surface area contributed by atoms with Gasteiger partial charge in [0.2, 0.25) is 0 Å². The second-order valence-electron chi connectivity index (χ2n) is 8.10. The lowest BCUT2D eigenvalue weighted by molar-refractivity contribution is 0.0939. The molecule has 0 saturated carbocycles. The number of rotatable bonds is 8. The van der Waals surface area contributed by atoms with Crippen LogP contribution in [0.15, 0.2) is 66.7 Å². The summed E-state index contributed by atoms with van der Waals surface area (Å²) in [5.74, 6) is 1.76. The summed E-state index contributed by atoms with van der Waals surface area (Å²) in [5.41, 5.74) is 4.98. The van der Waals surface area contributed by atoms with Crippen LogP contribution in [0.5, 0.6) is 11.5 Å². The Labute approximate surface area is 185 Å². The molecule has 0 spiro atoms. The van der Waals surface area contributed by atoms with Gasteiger partial charge in [-0.15, -0.1) is 0 Å². The van der Waals surface area contributed by atoms with Crippen LogP contribution in [0.3, 0.4) is 0 Å². The van der Waals surface area contributed by atoms with Gasteiger partial charge in [-0.25, -0.2) is 0 Å². The van der Waals surface area contributed by atoms with Crippen molar-refractivity contribution in [3.05, 3.63) is 94.5 Å². The fourth-order valence-corrected chi connectivity index (χ4v) is 3.64. The minimum Gasteiger partial charge on any atom is -0.496 e. The molecule has 0 saturated heterocycles. The predicted octanol–water partition coefficient (Wildman–Crippen LogP) is 6.20. The van der Waals surface area contributed by atoms with Crippen LogP contribution >= 0.6 is 0 Å². The third-order valence-corrected chi connectivity index (χ3v) is 5.40. The number of hydrogen-bond donors (Lipinski definition) is 1. The quantitative estimate of drug-likeness (QED) is 0.475. The number of benzene rings is 3. The molecule has 0 aliphatic rings. The zero-order valence-corrected chi connectivity index (χ0v) is 18.9. The van der Waals surface area contributed by atoms with Crippen molar-refractivity contribution < 1.29 is 14.3 Å². The van der Waals surface area contributed by atoms with Crippen LogP contribution in [-0.4, -0.2) is 13.0 Å². The van der Waals surface area contributed by atoms with Crippen molar-refractivity contribution in [3.8, 4) is 11.5 Å². The van der Waals surface area contributed by atoms with Gasteiger partial charge >= 0.3 is 0 Å². The molecule has 31 heavy (non-hydrogen) atoms. The van der Waals surface area contributed by atoms with Gasteiger partial charge < -0.3 is 14.8 Å². The molecule has 3 aromatic carbocycles. The van der Waals surface area contributed by atoms with E-state index in [1.807, 2.05) is 62.4 Å². The fourth-order valence-electron chi connectivity index (χ4n) is 3.64. The summed E-state index contributed by atoms with van der Waals surface area (Å²) in [4.78, 5) is 12.9. The van der Waals surface area contributed by atoms with Crippen LogP contribution in [0.4, 0.5) is 0 Å². The first-order valence-electron chi connectivity index (χ1n) is 10.6. The average Bonchev–Trinajstić information content (AvgIpc) is 2.78. The highest BCUT2D eigenvalue weighted by molar-refractivity contribution is 5.94. The van der Waals surface area contributed by atoms with Gasteiger partial charge in [0.25, 0.3) is 5.91 Å². The first-order chi connectivity index (χ1) is 14.9. The molecule has 1 atom stereocenters. The SMILES string of the molecule is COc1cc(C)c([C@@H](C)NC(=O)c2cccc(OCc3ccccc3)c2)cc1C(C)C. The lowest BCUT2D eigenvalue weighted by atomic mass is 9.93. The van der Waals surface area contributed by atoms with Crippen LogP contribution in [0, 0.1) is 6.92 Å². The number of nitrogens with one attached hydrogen (secondary N) is 1. The van der Waals surface area contributed by atoms with Gasteiger partial charge in [-0.1, -0.05) is 50.2 Å². The van der Waals surface area contributed by atoms with Crippen molar-refractivity contribution in [3.63, 3.8) is 0 Å². The van der Waals surface area contributed by atoms with Crippen molar-refractivity contribution in [2.75, 3.05) is 7.11 Å². The Morgan fingerprint density at radius 2 is 1.68 bits per heavy atom. The van der Waals surface area contributed by atoms with E-state index < -0.39 is 0 Å². The Hall–Kier alpha value is -3.27. The van der Waals surface area contributed by atoms with Crippen LogP contribution in [-0.2, 0) is 6.61 Å². The maximum atomic E-state index is 12.9. The highest BCUT2D eigenvalue weighted by Gasteiger charge is 2.17. The van der Waals surface area contributed by atoms with Crippen LogP contribution in [0.25, 0.3) is 0 Å². The summed E-state index contributed by atoms with van der Waals surface area (Å²) in [6, 6.07) is 21.3. The maximum absolute atomic E-state index is 12.9. The minimum absolute atomic E-state index is 0.126. The molecule has 0 aliphatic heterocycles. The summed E-state index contributed by atoms with van der Waals surface area (Å²) < 4.78 is 11.4. The van der Waals surface area contributed by atoms with E-state index in [1.54, 1.807) is 19.2 Å². The Balaban J connectivity index is 1.72. The predicted molar refractivity (Wildman–Crippen MR) is 125 cm³/mol. The minimum atomic E-state index is -0.134. The maximum Gasteiger partial charge on any atom is 0.251 e. The van der Waals surface area contributed by atoms with E-state index >= 15 is 0 Å². The second-order valence-corrected chi connectivity index (χ2v) is 8.10. The zero-order chi connectivity index (χ0) is 22.4. The molecule has 3 aromatic rings. The average molecular weight is 418 g/mol. The van der Waals surface area contributed by atoms with Crippen LogP contribution in [0.1, 0.15) is 65.3 Å². The van der Waals surface area contributed by atoms with Crippen LogP contribution in [0.2, 0.25) is 0 Å². The highest BCUT2D eigenvalue weighted by Crippen LogP contribution is 2.32. The number of aryl methyl sites for hydroxylation is 1. The monoisotopic (exact) mass is 417 g/mol. The topological polar surface area (TPSA) is 47.6 Å². The Morgan fingerprint density at radius 1 is 0.935 bits per heavy atom. The molecule has 0 radical (unpaired) electrons. The molecule has 0 heterocycles. The normalized spacial score (nSPS) is 11.8. The standard InChI is InChI=1S/C27H31NO3/c1-18(2)24-16-25(19(3)14-26(24)30-5)20(4)28-27(29)22-12-9-13-23(15-22)31-17-21-10-7-6-8-11-21/h6-16,18,20H,17H2,1-5H3,(H,28,29)/t20-/m1/s1. The van der Waals surface area contributed by atoms with Gasteiger partial charge in [-0.3, -0.25) is 4.79 Å². The Bertz CT molecular complexity index is 1030. The third kappa shape index (κ3) is 5.66. The largest absolute Gasteiger partial charge is 0.496 e. The number of hydrogen-bond acceptors (Lipinski definition) is 3. The summed E-state index contributed by atoms with van der Waals surface area (Å²) in [7, 11) is 1.69. The molecule has 0 aromatic heterocycles. The lowest BCUT2D eigenvalue weighted by Gasteiger charge is -2.21. The summed E-state index contributed by atoms with van der Waals surface area (Å²) >= 11 is 0. The summed E-state index contributed by atoms with van der Waals surface area (Å²) in [5, 5.41) is 3.12. The van der Waals surface area contributed by atoms with Crippen molar-refractivity contribution in [1.82, 2.24) is 5.32 Å². The number of methoxy groups -OCH3 is 1. The number of amides is 1. The van der Waals surface area contributed by atoms with E-state index in [4.69, 9.17) is 9.47 Å². The van der Waals surface area contributed by atoms with E-state index in [1.165, 1.54) is 0 Å². The van der Waals surface area contributed by atoms with Gasteiger partial charge in [-0.2, -0.15) is 0 Å². The number of carbonyl (C=O) groups is 1. The van der Waals surface area contributed by atoms with Gasteiger partial charge in [0.15, 0.2) is 0 Å². The fraction of sp³-hybridized carbons (Fsp3) is 0.296. The summed E-state index contributed by atoms with van der Waals surface area (Å²) in [6.45, 7) is 8.79. The van der Waals surface area contributed by atoms with E-state index in [0.29, 0.717) is 23.8 Å². The molecule has 3 rings (SSSR count). The van der Waals surface area contributed by atoms with Crippen LogP contribution < -0.4 is 14.8 Å². The molecular weight excluding hydrogens is 386 g/mol. The highest BCUT2D eigenvalue weighted by atomic mass is 16.5. The van der Waals surface area contributed by atoms with Crippen molar-refractivity contribution >= 4 is 5.91 Å². The van der Waals surface area contributed by atoms with E-state index in [2.05, 4.69) is 25.2 Å². The van der Waals surface area contributed by atoms with Crippen molar-refractivity contribution in [1.29, 1.82) is 0 Å². The summed E-state index contributed by atoms with van der Waals surface area (Å²) in [6.07, 6.45) is 0. The smallest absolute Gasteiger partial charge is 0.251 e. The number of carbonyl (C=O) groups excluding carboxylic acids is 1. The van der Waals surface area contributed by atoms with Gasteiger partial charge in [0, 0.05) is 5.56 Å². The molecule has 162 valence electrons. The van der Waals surface area contributed by atoms with E-state index in [0.717, 1.165) is 28.0 Å². The Kier molecular flexibility index (Phi) is 7.35. The first kappa shape index (κ1) is 22.4. The molecular formula is C27H31NO3. The Morgan fingerprint density at radius 3 is 2.35 bits per heavy atom. The molecule has 4 nitrogen and oxygen atoms in total. The van der Waals surface area contributed by atoms with Gasteiger partial charge in [-0.05, 0) is 72.4 Å². The molecule has 0 bridgehead atoms. The molecule has 0 unspecified atom stereocenters. The molecule has 4 heteroatoms. The number of ether oxygens (including phenoxy) is 2. The molecule has 1 N–H and O–H groups in total. The molecule has 0 fully saturated rings. The first-order valence-corrected chi connectivity index (χ1v) is 10.6.